The number of rotatable bonds is 2. The fourth-order valence-electron chi connectivity index (χ4n) is 1.09. The predicted molar refractivity (Wildman–Crippen MR) is 54.0 cm³/mol. The van der Waals surface area contributed by atoms with E-state index in [2.05, 4.69) is 31.9 Å². The van der Waals surface area contributed by atoms with Gasteiger partial charge >= 0.3 is 0 Å². The summed E-state index contributed by atoms with van der Waals surface area (Å²) >= 11 is 3.38. The van der Waals surface area contributed by atoms with Gasteiger partial charge in [0.2, 0.25) is 5.89 Å². The summed E-state index contributed by atoms with van der Waals surface area (Å²) in [4.78, 5) is 0. The molecule has 5 heteroatoms. The van der Waals surface area contributed by atoms with Crippen LogP contribution in [0.4, 0.5) is 0 Å². The molecule has 0 fully saturated rings. The van der Waals surface area contributed by atoms with E-state index in [-0.39, 0.29) is 0 Å². The molecule has 0 amide bonds. The molecule has 14 heavy (non-hydrogen) atoms. The van der Waals surface area contributed by atoms with Gasteiger partial charge < -0.3 is 10.2 Å². The van der Waals surface area contributed by atoms with Crippen LogP contribution in [0.5, 0.6) is 0 Å². The van der Waals surface area contributed by atoms with E-state index in [4.69, 9.17) is 4.42 Å². The molecular formula is C9H9BrN3O+. The number of quaternary nitrogens is 1. The lowest BCUT2D eigenvalue weighted by atomic mass is 10.2. The van der Waals surface area contributed by atoms with Gasteiger partial charge in [0.05, 0.1) is 0 Å². The molecule has 0 bridgehead atoms. The van der Waals surface area contributed by atoms with E-state index in [1.807, 2.05) is 24.3 Å². The summed E-state index contributed by atoms with van der Waals surface area (Å²) in [6.45, 7) is 0.515. The van der Waals surface area contributed by atoms with Crippen LogP contribution in [0.15, 0.2) is 33.2 Å². The molecule has 0 aliphatic carbocycles. The van der Waals surface area contributed by atoms with Gasteiger partial charge in [0.1, 0.15) is 0 Å². The fraction of sp³-hybridized carbons (Fsp3) is 0.111. The van der Waals surface area contributed by atoms with Crippen LogP contribution in [0.3, 0.4) is 0 Å². The third-order valence-corrected chi connectivity index (χ3v) is 2.25. The number of hydrogen-bond acceptors (Lipinski definition) is 3. The van der Waals surface area contributed by atoms with Crippen molar-refractivity contribution in [2.45, 2.75) is 6.54 Å². The first-order valence-electron chi connectivity index (χ1n) is 4.17. The highest BCUT2D eigenvalue weighted by molar-refractivity contribution is 9.10. The Balaban J connectivity index is 2.39. The van der Waals surface area contributed by atoms with Crippen LogP contribution in [0.2, 0.25) is 0 Å². The summed E-state index contributed by atoms with van der Waals surface area (Å²) in [5.74, 6) is 1.09. The van der Waals surface area contributed by atoms with Gasteiger partial charge in [0, 0.05) is 10.0 Å². The smallest absolute Gasteiger partial charge is 0.271 e. The summed E-state index contributed by atoms with van der Waals surface area (Å²) in [7, 11) is 0. The molecule has 4 nitrogen and oxygen atoms in total. The normalized spacial score (nSPS) is 10.4. The lowest BCUT2D eigenvalue weighted by Crippen LogP contribution is -2.47. The van der Waals surface area contributed by atoms with E-state index in [1.165, 1.54) is 0 Å². The number of nitrogens with zero attached hydrogens (tertiary/aromatic N) is 2. The molecule has 72 valence electrons. The molecule has 1 heterocycles. The first-order valence-corrected chi connectivity index (χ1v) is 4.96. The van der Waals surface area contributed by atoms with E-state index in [9.17, 15) is 0 Å². The fourth-order valence-corrected chi connectivity index (χ4v) is 1.49. The van der Waals surface area contributed by atoms with Crippen molar-refractivity contribution in [2.24, 2.45) is 0 Å². The Kier molecular flexibility index (Phi) is 2.60. The minimum Gasteiger partial charge on any atom is -0.415 e. The van der Waals surface area contributed by atoms with Crippen molar-refractivity contribution in [3.05, 3.63) is 34.6 Å². The Hall–Kier alpha value is -1.20. The van der Waals surface area contributed by atoms with Crippen molar-refractivity contribution < 1.29 is 10.2 Å². The number of benzene rings is 1. The van der Waals surface area contributed by atoms with Crippen molar-refractivity contribution in [1.29, 1.82) is 0 Å². The molecule has 1 aromatic carbocycles. The van der Waals surface area contributed by atoms with Gasteiger partial charge in [-0.3, -0.25) is 0 Å². The molecule has 1 aromatic heterocycles. The maximum Gasteiger partial charge on any atom is 0.271 e. The summed E-state index contributed by atoms with van der Waals surface area (Å²) < 4.78 is 6.36. The second-order valence-corrected chi connectivity index (χ2v) is 3.68. The first-order chi connectivity index (χ1) is 6.79. The number of hydrogen-bond donors (Lipinski definition) is 1. The molecule has 2 aromatic rings. The molecule has 0 radical (unpaired) electrons. The second kappa shape index (κ2) is 3.89. The zero-order chi connectivity index (χ0) is 9.97. The zero-order valence-electron chi connectivity index (χ0n) is 7.40. The Morgan fingerprint density at radius 2 is 2.21 bits per heavy atom. The average molecular weight is 255 g/mol. The van der Waals surface area contributed by atoms with Crippen molar-refractivity contribution in [3.8, 4) is 11.5 Å². The Labute approximate surface area is 89.3 Å². The minimum atomic E-state index is 0.515. The second-order valence-electron chi connectivity index (χ2n) is 2.76. The topological polar surface area (TPSA) is 66.6 Å². The van der Waals surface area contributed by atoms with Crippen LogP contribution >= 0.6 is 15.9 Å². The van der Waals surface area contributed by atoms with Gasteiger partial charge in [0.15, 0.2) is 6.54 Å². The summed E-state index contributed by atoms with van der Waals surface area (Å²) in [6, 6.07) is 7.72. The summed E-state index contributed by atoms with van der Waals surface area (Å²) in [5.41, 5.74) is 4.58. The minimum absolute atomic E-state index is 0.515. The molecule has 0 atom stereocenters. The third kappa shape index (κ3) is 1.83. The van der Waals surface area contributed by atoms with Gasteiger partial charge in [-0.15, -0.1) is 10.2 Å². The van der Waals surface area contributed by atoms with Gasteiger partial charge in [-0.05, 0) is 18.2 Å². The SMILES string of the molecule is [NH3+]Cc1nnc(-c2cccc(Br)c2)o1. The quantitative estimate of drug-likeness (QED) is 0.877. The van der Waals surface area contributed by atoms with Crippen LogP contribution < -0.4 is 5.73 Å². The van der Waals surface area contributed by atoms with Gasteiger partial charge in [-0.25, -0.2) is 0 Å². The molecule has 0 spiro atoms. The van der Waals surface area contributed by atoms with Crippen molar-refractivity contribution in [2.75, 3.05) is 0 Å². The monoisotopic (exact) mass is 254 g/mol. The maximum atomic E-state index is 5.37. The highest BCUT2D eigenvalue weighted by Gasteiger charge is 2.07. The lowest BCUT2D eigenvalue weighted by Gasteiger charge is -1.94. The van der Waals surface area contributed by atoms with Gasteiger partial charge in [-0.1, -0.05) is 22.0 Å². The Bertz CT molecular complexity index is 441. The summed E-state index contributed by atoms with van der Waals surface area (Å²) in [5, 5.41) is 7.77. The van der Waals surface area contributed by atoms with Crippen LogP contribution in [-0.2, 0) is 6.54 Å². The molecule has 0 saturated heterocycles. The molecule has 3 N–H and O–H groups in total. The number of halogens is 1. The van der Waals surface area contributed by atoms with Crippen molar-refractivity contribution >= 4 is 15.9 Å². The first kappa shape index (κ1) is 9.36. The van der Waals surface area contributed by atoms with E-state index < -0.39 is 0 Å². The lowest BCUT2D eigenvalue weighted by molar-refractivity contribution is -0.391. The maximum absolute atomic E-state index is 5.37. The summed E-state index contributed by atoms with van der Waals surface area (Å²) in [6.07, 6.45) is 0. The van der Waals surface area contributed by atoms with Crippen molar-refractivity contribution in [3.63, 3.8) is 0 Å². The zero-order valence-corrected chi connectivity index (χ0v) is 8.99. The van der Waals surface area contributed by atoms with Crippen molar-refractivity contribution in [1.82, 2.24) is 10.2 Å². The highest BCUT2D eigenvalue weighted by Crippen LogP contribution is 2.21. The Morgan fingerprint density at radius 1 is 1.36 bits per heavy atom. The van der Waals surface area contributed by atoms with Crippen LogP contribution in [0.1, 0.15) is 5.89 Å². The van der Waals surface area contributed by atoms with E-state index in [0.29, 0.717) is 18.3 Å². The molecule has 0 aliphatic rings. The largest absolute Gasteiger partial charge is 0.415 e. The van der Waals surface area contributed by atoms with E-state index in [1.54, 1.807) is 0 Å². The van der Waals surface area contributed by atoms with E-state index >= 15 is 0 Å². The average Bonchev–Trinajstić information content (AvgIpc) is 2.66. The standard InChI is InChI=1S/C9H8BrN3O/c10-7-3-1-2-6(4-7)9-13-12-8(5-11)14-9/h1-4H,5,11H2/p+1. The van der Waals surface area contributed by atoms with E-state index in [0.717, 1.165) is 10.0 Å². The molecule has 0 aliphatic heterocycles. The third-order valence-electron chi connectivity index (χ3n) is 1.75. The van der Waals surface area contributed by atoms with Gasteiger partial charge in [0.25, 0.3) is 5.89 Å². The van der Waals surface area contributed by atoms with Crippen LogP contribution in [-0.4, -0.2) is 10.2 Å². The van der Waals surface area contributed by atoms with Crippen LogP contribution in [0.25, 0.3) is 11.5 Å². The predicted octanol–water partition coefficient (Wildman–Crippen LogP) is 1.24. The molecular weight excluding hydrogens is 246 g/mol. The van der Waals surface area contributed by atoms with Gasteiger partial charge in [-0.2, -0.15) is 0 Å². The molecule has 0 saturated carbocycles. The highest BCUT2D eigenvalue weighted by atomic mass is 79.9. The Morgan fingerprint density at radius 3 is 2.86 bits per heavy atom. The molecule has 2 rings (SSSR count). The molecule has 0 unspecified atom stereocenters. The van der Waals surface area contributed by atoms with Crippen LogP contribution in [0, 0.1) is 0 Å². The number of aromatic nitrogens is 2.